The van der Waals surface area contributed by atoms with Crippen LogP contribution in [0.2, 0.25) is 0 Å². The SMILES string of the molecule is CN(CCCCCO)C(=O)c1nc(C(=O)O)cs1. The maximum Gasteiger partial charge on any atom is 0.355 e. The number of carboxylic acid groups (broad SMARTS) is 1. The third-order valence-electron chi connectivity index (χ3n) is 2.40. The first-order valence-electron chi connectivity index (χ1n) is 5.61. The zero-order valence-corrected chi connectivity index (χ0v) is 10.9. The van der Waals surface area contributed by atoms with E-state index in [0.29, 0.717) is 6.54 Å². The normalized spacial score (nSPS) is 10.3. The molecule has 100 valence electrons. The van der Waals surface area contributed by atoms with Crippen LogP contribution in [0.1, 0.15) is 39.6 Å². The van der Waals surface area contributed by atoms with Gasteiger partial charge in [0.05, 0.1) is 0 Å². The van der Waals surface area contributed by atoms with Crippen molar-refractivity contribution in [1.82, 2.24) is 9.88 Å². The second-order valence-corrected chi connectivity index (χ2v) is 4.71. The van der Waals surface area contributed by atoms with Crippen molar-refractivity contribution in [2.24, 2.45) is 0 Å². The molecule has 0 aliphatic carbocycles. The van der Waals surface area contributed by atoms with Crippen LogP contribution >= 0.6 is 11.3 Å². The van der Waals surface area contributed by atoms with Crippen molar-refractivity contribution in [1.29, 1.82) is 0 Å². The fourth-order valence-electron chi connectivity index (χ4n) is 1.37. The number of hydrogen-bond donors (Lipinski definition) is 2. The molecule has 1 aromatic rings. The van der Waals surface area contributed by atoms with Gasteiger partial charge in [0.15, 0.2) is 10.7 Å². The van der Waals surface area contributed by atoms with Gasteiger partial charge in [0.1, 0.15) is 0 Å². The van der Waals surface area contributed by atoms with Crippen LogP contribution < -0.4 is 0 Å². The Balaban J connectivity index is 2.49. The van der Waals surface area contributed by atoms with E-state index < -0.39 is 5.97 Å². The molecular formula is C11H16N2O4S. The Bertz CT molecular complexity index is 419. The number of aliphatic hydroxyl groups excluding tert-OH is 1. The maximum atomic E-state index is 11.9. The van der Waals surface area contributed by atoms with Crippen molar-refractivity contribution in [2.45, 2.75) is 19.3 Å². The maximum absolute atomic E-state index is 11.9. The molecule has 1 rings (SSSR count). The van der Waals surface area contributed by atoms with E-state index in [1.54, 1.807) is 7.05 Å². The minimum atomic E-state index is -1.13. The van der Waals surface area contributed by atoms with Gasteiger partial charge < -0.3 is 15.1 Å². The Morgan fingerprint density at radius 2 is 2.11 bits per heavy atom. The molecular weight excluding hydrogens is 256 g/mol. The number of aromatic nitrogens is 1. The third-order valence-corrected chi connectivity index (χ3v) is 3.23. The zero-order chi connectivity index (χ0) is 13.5. The molecule has 1 amide bonds. The summed E-state index contributed by atoms with van der Waals surface area (Å²) in [7, 11) is 1.66. The topological polar surface area (TPSA) is 90.7 Å². The summed E-state index contributed by atoms with van der Waals surface area (Å²) in [6, 6.07) is 0. The van der Waals surface area contributed by atoms with Gasteiger partial charge in [-0.05, 0) is 19.3 Å². The summed E-state index contributed by atoms with van der Waals surface area (Å²) in [5.74, 6) is -1.40. The second-order valence-electron chi connectivity index (χ2n) is 3.85. The van der Waals surface area contributed by atoms with E-state index in [0.717, 1.165) is 30.6 Å². The van der Waals surface area contributed by atoms with Crippen LogP contribution in [0.25, 0.3) is 0 Å². The van der Waals surface area contributed by atoms with Crippen LogP contribution in [0, 0.1) is 0 Å². The summed E-state index contributed by atoms with van der Waals surface area (Å²) >= 11 is 1.03. The monoisotopic (exact) mass is 272 g/mol. The molecule has 18 heavy (non-hydrogen) atoms. The highest BCUT2D eigenvalue weighted by Crippen LogP contribution is 2.12. The first-order valence-corrected chi connectivity index (χ1v) is 6.49. The Morgan fingerprint density at radius 3 is 2.67 bits per heavy atom. The van der Waals surface area contributed by atoms with Crippen LogP contribution in [-0.2, 0) is 0 Å². The fraction of sp³-hybridized carbons (Fsp3) is 0.545. The third kappa shape index (κ3) is 4.08. The minimum Gasteiger partial charge on any atom is -0.476 e. The van der Waals surface area contributed by atoms with Crippen molar-refractivity contribution in [2.75, 3.05) is 20.2 Å². The van der Waals surface area contributed by atoms with Gasteiger partial charge in [0.2, 0.25) is 0 Å². The second kappa shape index (κ2) is 7.07. The highest BCUT2D eigenvalue weighted by Gasteiger charge is 2.17. The molecule has 2 N–H and O–H groups in total. The summed E-state index contributed by atoms with van der Waals surface area (Å²) in [6.45, 7) is 0.729. The van der Waals surface area contributed by atoms with E-state index >= 15 is 0 Å². The molecule has 6 nitrogen and oxygen atoms in total. The molecule has 0 atom stereocenters. The quantitative estimate of drug-likeness (QED) is 0.725. The molecule has 7 heteroatoms. The number of thiazole rings is 1. The lowest BCUT2D eigenvalue weighted by Gasteiger charge is -2.15. The summed E-state index contributed by atoms with van der Waals surface area (Å²) in [5.41, 5.74) is -0.1000. The van der Waals surface area contributed by atoms with Crippen molar-refractivity contribution in [3.8, 4) is 0 Å². The average molecular weight is 272 g/mol. The van der Waals surface area contributed by atoms with E-state index in [4.69, 9.17) is 10.2 Å². The van der Waals surface area contributed by atoms with Crippen LogP contribution in [-0.4, -0.2) is 52.2 Å². The largest absolute Gasteiger partial charge is 0.476 e. The molecule has 0 aliphatic rings. The van der Waals surface area contributed by atoms with Crippen molar-refractivity contribution < 1.29 is 19.8 Å². The Morgan fingerprint density at radius 1 is 1.39 bits per heavy atom. The van der Waals surface area contributed by atoms with Gasteiger partial charge in [0, 0.05) is 25.6 Å². The van der Waals surface area contributed by atoms with Crippen LogP contribution in [0.3, 0.4) is 0 Å². The van der Waals surface area contributed by atoms with Crippen LogP contribution in [0.4, 0.5) is 0 Å². The predicted octanol–water partition coefficient (Wildman–Crippen LogP) is 1.08. The van der Waals surface area contributed by atoms with E-state index in [1.165, 1.54) is 10.3 Å². The molecule has 0 saturated heterocycles. The Labute approximate surface area is 109 Å². The summed E-state index contributed by atoms with van der Waals surface area (Å²) in [4.78, 5) is 27.8. The average Bonchev–Trinajstić information content (AvgIpc) is 2.83. The fourth-order valence-corrected chi connectivity index (χ4v) is 2.16. The molecule has 0 bridgehead atoms. The van der Waals surface area contributed by atoms with Crippen LogP contribution in [0.15, 0.2) is 5.38 Å². The number of carbonyl (C=O) groups excluding carboxylic acids is 1. The number of amides is 1. The number of unbranched alkanes of at least 4 members (excludes halogenated alkanes) is 2. The Kier molecular flexibility index (Phi) is 5.73. The summed E-state index contributed by atoms with van der Waals surface area (Å²) in [6.07, 6.45) is 2.38. The van der Waals surface area contributed by atoms with E-state index in [-0.39, 0.29) is 23.2 Å². The molecule has 0 unspecified atom stereocenters. The smallest absolute Gasteiger partial charge is 0.355 e. The predicted molar refractivity (Wildman–Crippen MR) is 67.0 cm³/mol. The Hall–Kier alpha value is -1.47. The van der Waals surface area contributed by atoms with Gasteiger partial charge in [-0.3, -0.25) is 4.79 Å². The van der Waals surface area contributed by atoms with E-state index in [2.05, 4.69) is 4.98 Å². The minimum absolute atomic E-state index is 0.1000. The van der Waals surface area contributed by atoms with E-state index in [9.17, 15) is 9.59 Å². The molecule has 0 aromatic carbocycles. The number of carbonyl (C=O) groups is 2. The summed E-state index contributed by atoms with van der Waals surface area (Å²) in [5, 5.41) is 18.9. The van der Waals surface area contributed by atoms with Gasteiger partial charge in [-0.15, -0.1) is 11.3 Å². The van der Waals surface area contributed by atoms with Crippen molar-refractivity contribution in [3.05, 3.63) is 16.1 Å². The highest BCUT2D eigenvalue weighted by atomic mass is 32.1. The number of carboxylic acids is 1. The molecule has 0 fully saturated rings. The number of hydrogen-bond acceptors (Lipinski definition) is 5. The van der Waals surface area contributed by atoms with Gasteiger partial charge in [-0.1, -0.05) is 0 Å². The molecule has 0 aliphatic heterocycles. The summed E-state index contributed by atoms with van der Waals surface area (Å²) < 4.78 is 0. The van der Waals surface area contributed by atoms with Crippen LogP contribution in [0.5, 0.6) is 0 Å². The first kappa shape index (κ1) is 14.6. The van der Waals surface area contributed by atoms with Crippen molar-refractivity contribution >= 4 is 23.2 Å². The number of rotatable bonds is 7. The number of aliphatic hydroxyl groups is 1. The highest BCUT2D eigenvalue weighted by molar-refractivity contribution is 7.11. The lowest BCUT2D eigenvalue weighted by Crippen LogP contribution is -2.27. The van der Waals surface area contributed by atoms with Crippen molar-refractivity contribution in [3.63, 3.8) is 0 Å². The number of aromatic carboxylic acids is 1. The molecule has 0 radical (unpaired) electrons. The standard InChI is InChI=1S/C11H16N2O4S/c1-13(5-3-2-4-6-14)10(15)9-12-8(7-18-9)11(16)17/h7,14H,2-6H2,1H3,(H,16,17). The lowest BCUT2D eigenvalue weighted by molar-refractivity contribution is 0.0691. The lowest BCUT2D eigenvalue weighted by atomic mass is 10.2. The molecule has 0 spiro atoms. The number of nitrogens with zero attached hydrogens (tertiary/aromatic N) is 2. The van der Waals surface area contributed by atoms with Gasteiger partial charge >= 0.3 is 5.97 Å². The zero-order valence-electron chi connectivity index (χ0n) is 10.1. The molecule has 1 heterocycles. The molecule has 1 aromatic heterocycles. The van der Waals surface area contributed by atoms with Gasteiger partial charge in [0.25, 0.3) is 5.91 Å². The van der Waals surface area contributed by atoms with E-state index in [1.807, 2.05) is 0 Å². The van der Waals surface area contributed by atoms with Gasteiger partial charge in [-0.25, -0.2) is 9.78 Å². The molecule has 0 saturated carbocycles. The first-order chi connectivity index (χ1) is 8.56. The van der Waals surface area contributed by atoms with Gasteiger partial charge in [-0.2, -0.15) is 0 Å².